The summed E-state index contributed by atoms with van der Waals surface area (Å²) in [5.74, 6) is 0.0185. The van der Waals surface area contributed by atoms with E-state index in [1.807, 2.05) is 0 Å². The van der Waals surface area contributed by atoms with Gasteiger partial charge >= 0.3 is 0 Å². The number of hydrogen-bond acceptors (Lipinski definition) is 4. The number of benzene rings is 1. The second kappa shape index (κ2) is 4.12. The zero-order valence-corrected chi connectivity index (χ0v) is 9.27. The van der Waals surface area contributed by atoms with Crippen LogP contribution in [0.4, 0.5) is 4.39 Å². The van der Waals surface area contributed by atoms with Gasteiger partial charge in [-0.15, -0.1) is 10.2 Å². The van der Waals surface area contributed by atoms with Crippen LogP contribution in [0, 0.1) is 5.82 Å². The monoisotopic (exact) mass is 244 g/mol. The smallest absolute Gasteiger partial charge is 0.207 e. The highest BCUT2D eigenvalue weighted by atomic mass is 35.5. The number of aromatic nitrogens is 2. The lowest BCUT2D eigenvalue weighted by Gasteiger charge is -2.05. The summed E-state index contributed by atoms with van der Waals surface area (Å²) in [6, 6.07) is 4.57. The van der Waals surface area contributed by atoms with E-state index >= 15 is 0 Å². The molecule has 0 aliphatic rings. The zero-order valence-electron chi connectivity index (χ0n) is 7.70. The van der Waals surface area contributed by atoms with Crippen molar-refractivity contribution in [3.05, 3.63) is 28.5 Å². The van der Waals surface area contributed by atoms with Crippen LogP contribution in [-0.2, 0) is 0 Å². The summed E-state index contributed by atoms with van der Waals surface area (Å²) in [5.41, 5.74) is 0.296. The van der Waals surface area contributed by atoms with Crippen LogP contribution < -0.4 is 4.74 Å². The number of rotatable bonds is 2. The highest BCUT2D eigenvalue weighted by molar-refractivity contribution is 7.18. The first kappa shape index (κ1) is 10.3. The summed E-state index contributed by atoms with van der Waals surface area (Å²) in [6.45, 7) is 0. The fourth-order valence-corrected chi connectivity index (χ4v) is 2.07. The molecule has 2 rings (SSSR count). The molecule has 0 saturated heterocycles. The molecule has 0 bridgehead atoms. The lowest BCUT2D eigenvalue weighted by atomic mass is 10.2. The highest BCUT2D eigenvalue weighted by Gasteiger charge is 2.15. The van der Waals surface area contributed by atoms with Gasteiger partial charge < -0.3 is 4.74 Å². The Labute approximate surface area is 94.5 Å². The summed E-state index contributed by atoms with van der Waals surface area (Å²) >= 11 is 6.75. The van der Waals surface area contributed by atoms with E-state index in [1.165, 1.54) is 13.2 Å². The van der Waals surface area contributed by atoms with Gasteiger partial charge in [-0.05, 0) is 23.7 Å². The third-order valence-corrected chi connectivity index (χ3v) is 2.85. The molecule has 6 heteroatoms. The normalized spacial score (nSPS) is 10.3. The van der Waals surface area contributed by atoms with Gasteiger partial charge in [-0.3, -0.25) is 0 Å². The highest BCUT2D eigenvalue weighted by Crippen LogP contribution is 2.35. The van der Waals surface area contributed by atoms with Crippen molar-refractivity contribution in [2.75, 3.05) is 7.11 Å². The van der Waals surface area contributed by atoms with Crippen LogP contribution >= 0.6 is 22.9 Å². The van der Waals surface area contributed by atoms with Crippen LogP contribution in [-0.4, -0.2) is 17.3 Å². The maximum atomic E-state index is 13.5. The van der Waals surface area contributed by atoms with Crippen LogP contribution in [0.3, 0.4) is 0 Å². The van der Waals surface area contributed by atoms with E-state index in [1.54, 1.807) is 12.1 Å². The summed E-state index contributed by atoms with van der Waals surface area (Å²) in [7, 11) is 1.47. The molecule has 0 spiro atoms. The summed E-state index contributed by atoms with van der Waals surface area (Å²) in [6.07, 6.45) is 0. The molecule has 78 valence electrons. The van der Waals surface area contributed by atoms with Gasteiger partial charge in [0.15, 0.2) is 5.01 Å². The quantitative estimate of drug-likeness (QED) is 0.815. The van der Waals surface area contributed by atoms with Crippen molar-refractivity contribution in [1.29, 1.82) is 0 Å². The molecule has 0 radical (unpaired) electrons. The molecule has 0 amide bonds. The number of halogens is 2. The van der Waals surface area contributed by atoms with Gasteiger partial charge in [0, 0.05) is 0 Å². The number of hydrogen-bond donors (Lipinski definition) is 0. The Balaban J connectivity index is 2.60. The van der Waals surface area contributed by atoms with Crippen molar-refractivity contribution in [2.45, 2.75) is 0 Å². The molecule has 0 fully saturated rings. The molecule has 2 aromatic rings. The fraction of sp³-hybridized carbons (Fsp3) is 0.111. The van der Waals surface area contributed by atoms with Crippen molar-refractivity contribution >= 4 is 22.9 Å². The number of nitrogens with zero attached hydrogens (tertiary/aromatic N) is 2. The van der Waals surface area contributed by atoms with E-state index < -0.39 is 5.82 Å². The minimum atomic E-state index is -0.401. The lowest BCUT2D eigenvalue weighted by Crippen LogP contribution is -1.90. The molecule has 3 nitrogen and oxygen atoms in total. The minimum Gasteiger partial charge on any atom is -0.496 e. The number of methoxy groups -OCH3 is 1. The number of ether oxygens (including phenoxy) is 1. The molecular formula is C9H6ClFN2OS. The third-order valence-electron chi connectivity index (χ3n) is 1.81. The Morgan fingerprint density at radius 1 is 1.40 bits per heavy atom. The predicted octanol–water partition coefficient (Wildman–Crippen LogP) is 3.01. The Bertz CT molecular complexity index is 489. The average molecular weight is 245 g/mol. The first-order valence-electron chi connectivity index (χ1n) is 4.04. The molecule has 1 heterocycles. The summed E-state index contributed by atoms with van der Waals surface area (Å²) in [4.78, 5) is 0. The van der Waals surface area contributed by atoms with Crippen molar-refractivity contribution in [2.24, 2.45) is 0 Å². The molecule has 15 heavy (non-hydrogen) atoms. The third kappa shape index (κ3) is 1.93. The maximum absolute atomic E-state index is 13.5. The van der Waals surface area contributed by atoms with Gasteiger partial charge in [0.25, 0.3) is 0 Å². The fourth-order valence-electron chi connectivity index (χ4n) is 1.19. The Morgan fingerprint density at radius 2 is 2.20 bits per heavy atom. The van der Waals surface area contributed by atoms with Gasteiger partial charge in [0.2, 0.25) is 4.47 Å². The van der Waals surface area contributed by atoms with Gasteiger partial charge in [0.05, 0.1) is 12.7 Å². The first-order valence-corrected chi connectivity index (χ1v) is 5.23. The van der Waals surface area contributed by atoms with E-state index in [-0.39, 0.29) is 4.47 Å². The molecule has 0 aliphatic heterocycles. The maximum Gasteiger partial charge on any atom is 0.207 e. The lowest BCUT2D eigenvalue weighted by molar-refractivity contribution is 0.413. The summed E-state index contributed by atoms with van der Waals surface area (Å²) in [5, 5.41) is 7.81. The minimum absolute atomic E-state index is 0.273. The van der Waals surface area contributed by atoms with Crippen LogP contribution in [0.2, 0.25) is 4.47 Å². The molecule has 1 aromatic heterocycles. The topological polar surface area (TPSA) is 35.0 Å². The van der Waals surface area contributed by atoms with E-state index in [9.17, 15) is 4.39 Å². The molecular weight excluding hydrogens is 239 g/mol. The molecule has 1 aromatic carbocycles. The van der Waals surface area contributed by atoms with E-state index in [2.05, 4.69) is 10.2 Å². The molecule has 0 N–H and O–H groups in total. The Hall–Kier alpha value is -1.20. The van der Waals surface area contributed by atoms with Crippen LogP contribution in [0.5, 0.6) is 5.75 Å². The average Bonchev–Trinajstić information content (AvgIpc) is 2.64. The molecule has 0 unspecified atom stereocenters. The standard InChI is InChI=1S/C9H6ClFN2OS/c1-14-6-4-2-3-5(11)7(6)8-12-13-9(10)15-8/h2-4H,1H3. The van der Waals surface area contributed by atoms with E-state index in [0.717, 1.165) is 11.3 Å². The summed E-state index contributed by atoms with van der Waals surface area (Å²) < 4.78 is 18.9. The van der Waals surface area contributed by atoms with Crippen molar-refractivity contribution in [3.63, 3.8) is 0 Å². The second-order valence-electron chi connectivity index (χ2n) is 2.68. The molecule has 0 saturated carbocycles. The van der Waals surface area contributed by atoms with Gasteiger partial charge in [-0.1, -0.05) is 17.4 Å². The first-order chi connectivity index (χ1) is 7.22. The Morgan fingerprint density at radius 3 is 2.80 bits per heavy atom. The van der Waals surface area contributed by atoms with Gasteiger partial charge in [-0.25, -0.2) is 4.39 Å². The van der Waals surface area contributed by atoms with Crippen molar-refractivity contribution in [3.8, 4) is 16.3 Å². The van der Waals surface area contributed by atoms with Crippen LogP contribution in [0.25, 0.3) is 10.6 Å². The van der Waals surface area contributed by atoms with Crippen molar-refractivity contribution < 1.29 is 9.13 Å². The Kier molecular flexibility index (Phi) is 2.83. The molecule has 0 aliphatic carbocycles. The SMILES string of the molecule is COc1cccc(F)c1-c1nnc(Cl)s1. The van der Waals surface area contributed by atoms with Crippen LogP contribution in [0.1, 0.15) is 0 Å². The van der Waals surface area contributed by atoms with Crippen LogP contribution in [0.15, 0.2) is 18.2 Å². The predicted molar refractivity (Wildman–Crippen MR) is 56.9 cm³/mol. The van der Waals surface area contributed by atoms with E-state index in [4.69, 9.17) is 16.3 Å². The van der Waals surface area contributed by atoms with E-state index in [0.29, 0.717) is 16.3 Å². The van der Waals surface area contributed by atoms with Gasteiger partial charge in [-0.2, -0.15) is 0 Å². The zero-order chi connectivity index (χ0) is 10.8. The second-order valence-corrected chi connectivity index (χ2v) is 4.24. The largest absolute Gasteiger partial charge is 0.496 e. The van der Waals surface area contributed by atoms with Crippen molar-refractivity contribution in [1.82, 2.24) is 10.2 Å². The van der Waals surface area contributed by atoms with Gasteiger partial charge in [0.1, 0.15) is 11.6 Å². The molecule has 0 atom stereocenters.